The van der Waals surface area contributed by atoms with E-state index in [4.69, 9.17) is 11.6 Å². The fourth-order valence-electron chi connectivity index (χ4n) is 4.43. The number of halogens is 1. The Morgan fingerprint density at radius 3 is 2.50 bits per heavy atom. The number of anilines is 1. The van der Waals surface area contributed by atoms with E-state index in [1.807, 2.05) is 0 Å². The van der Waals surface area contributed by atoms with Gasteiger partial charge >= 0.3 is 0 Å². The van der Waals surface area contributed by atoms with Crippen LogP contribution < -0.4 is 10.6 Å². The number of nitrogens with zero attached hydrogens (tertiary/aromatic N) is 1. The average molecular weight is 434 g/mol. The second-order valence-corrected chi connectivity index (χ2v) is 8.51. The van der Waals surface area contributed by atoms with Crippen molar-refractivity contribution < 1.29 is 19.2 Å². The van der Waals surface area contributed by atoms with Gasteiger partial charge in [0.25, 0.3) is 5.91 Å². The van der Waals surface area contributed by atoms with E-state index < -0.39 is 18.0 Å². The second-order valence-electron chi connectivity index (χ2n) is 8.10. The minimum atomic E-state index is -0.676. The van der Waals surface area contributed by atoms with E-state index in [9.17, 15) is 19.2 Å². The van der Waals surface area contributed by atoms with Gasteiger partial charge in [-0.15, -0.1) is 0 Å². The summed E-state index contributed by atoms with van der Waals surface area (Å²) in [6, 6.07) is 3.56. The fraction of sp³-hybridized carbons (Fsp3) is 0.545. The van der Waals surface area contributed by atoms with E-state index in [2.05, 4.69) is 10.6 Å². The first-order valence-electron chi connectivity index (χ1n) is 10.5. The first-order chi connectivity index (χ1) is 14.4. The third kappa shape index (κ3) is 5.19. The Hall–Kier alpha value is -2.41. The highest BCUT2D eigenvalue weighted by atomic mass is 35.5. The van der Waals surface area contributed by atoms with Gasteiger partial charge in [-0.05, 0) is 49.8 Å². The van der Waals surface area contributed by atoms with Gasteiger partial charge in [-0.3, -0.25) is 14.4 Å². The molecule has 162 valence electrons. The lowest BCUT2D eigenvalue weighted by atomic mass is 9.83. The molecule has 1 aromatic carbocycles. The number of likely N-dealkylation sites (tertiary alicyclic amines) is 1. The molecule has 2 fully saturated rings. The van der Waals surface area contributed by atoms with Crippen LogP contribution in [0.1, 0.15) is 62.2 Å². The van der Waals surface area contributed by atoms with Gasteiger partial charge in [0.15, 0.2) is 0 Å². The van der Waals surface area contributed by atoms with Gasteiger partial charge < -0.3 is 20.3 Å². The lowest BCUT2D eigenvalue weighted by molar-refractivity contribution is -0.137. The molecule has 3 rings (SSSR count). The zero-order valence-electron chi connectivity index (χ0n) is 17.2. The maximum Gasteiger partial charge on any atom is 0.253 e. The van der Waals surface area contributed by atoms with Gasteiger partial charge in [0.1, 0.15) is 12.3 Å². The maximum absolute atomic E-state index is 13.3. The van der Waals surface area contributed by atoms with Crippen molar-refractivity contribution in [2.75, 3.05) is 11.9 Å². The van der Waals surface area contributed by atoms with Crippen molar-refractivity contribution in [1.82, 2.24) is 10.2 Å². The number of hydrogen-bond acceptors (Lipinski definition) is 4. The predicted octanol–water partition coefficient (Wildman–Crippen LogP) is 3.17. The molecule has 1 saturated heterocycles. The van der Waals surface area contributed by atoms with E-state index in [1.165, 1.54) is 19.1 Å². The predicted molar refractivity (Wildman–Crippen MR) is 114 cm³/mol. The summed E-state index contributed by atoms with van der Waals surface area (Å²) in [4.78, 5) is 50.5. The zero-order chi connectivity index (χ0) is 21.7. The summed E-state index contributed by atoms with van der Waals surface area (Å²) < 4.78 is 0. The van der Waals surface area contributed by atoms with E-state index in [-0.39, 0.29) is 28.3 Å². The van der Waals surface area contributed by atoms with Crippen molar-refractivity contribution in [2.24, 2.45) is 5.92 Å². The number of rotatable bonds is 6. The lowest BCUT2D eigenvalue weighted by Crippen LogP contribution is -2.54. The van der Waals surface area contributed by atoms with Crippen LogP contribution in [0.3, 0.4) is 0 Å². The molecule has 3 amide bonds. The molecule has 0 spiro atoms. The van der Waals surface area contributed by atoms with Gasteiger partial charge in [0, 0.05) is 19.2 Å². The SMILES string of the molecule is CC(=O)Nc1ccc(C(=O)N[C@H](C(=O)N2CCC[C@H]2C=O)C2CCCCC2)c(Cl)c1. The van der Waals surface area contributed by atoms with Gasteiger partial charge in [-0.2, -0.15) is 0 Å². The van der Waals surface area contributed by atoms with Crippen molar-refractivity contribution in [3.63, 3.8) is 0 Å². The summed E-state index contributed by atoms with van der Waals surface area (Å²) in [5, 5.41) is 5.72. The molecule has 2 atom stereocenters. The molecule has 2 aliphatic rings. The fourth-order valence-corrected chi connectivity index (χ4v) is 4.70. The molecule has 1 aromatic rings. The maximum atomic E-state index is 13.3. The molecule has 8 heteroatoms. The molecule has 1 saturated carbocycles. The molecule has 0 radical (unpaired) electrons. The van der Waals surface area contributed by atoms with Crippen LogP contribution in [-0.4, -0.2) is 47.5 Å². The summed E-state index contributed by atoms with van der Waals surface area (Å²) >= 11 is 6.28. The summed E-state index contributed by atoms with van der Waals surface area (Å²) in [6.07, 6.45) is 7.18. The Morgan fingerprint density at radius 1 is 1.13 bits per heavy atom. The Labute approximate surface area is 181 Å². The average Bonchev–Trinajstić information content (AvgIpc) is 3.20. The number of hydrogen-bond donors (Lipinski definition) is 2. The smallest absolute Gasteiger partial charge is 0.253 e. The van der Waals surface area contributed by atoms with E-state index in [0.717, 1.165) is 44.8 Å². The number of aldehydes is 1. The quantitative estimate of drug-likeness (QED) is 0.673. The second kappa shape index (κ2) is 10.1. The van der Waals surface area contributed by atoms with Crippen LogP contribution in [0.25, 0.3) is 0 Å². The van der Waals surface area contributed by atoms with Crippen LogP contribution >= 0.6 is 11.6 Å². The minimum Gasteiger partial charge on any atom is -0.340 e. The molecule has 7 nitrogen and oxygen atoms in total. The minimum absolute atomic E-state index is 0.0422. The third-order valence-corrected chi connectivity index (χ3v) is 6.26. The van der Waals surface area contributed by atoms with E-state index in [0.29, 0.717) is 18.7 Å². The molecule has 2 N–H and O–H groups in total. The molecule has 1 aliphatic heterocycles. The monoisotopic (exact) mass is 433 g/mol. The first kappa shape index (κ1) is 22.3. The van der Waals surface area contributed by atoms with Crippen LogP contribution in [-0.2, 0) is 14.4 Å². The summed E-state index contributed by atoms with van der Waals surface area (Å²) in [7, 11) is 0. The number of amides is 3. The molecule has 1 aliphatic carbocycles. The molecular formula is C22H28ClN3O4. The number of benzene rings is 1. The van der Waals surface area contributed by atoms with Crippen molar-refractivity contribution in [1.29, 1.82) is 0 Å². The molecule has 1 heterocycles. The van der Waals surface area contributed by atoms with E-state index in [1.54, 1.807) is 11.0 Å². The normalized spacial score (nSPS) is 20.5. The van der Waals surface area contributed by atoms with Crippen LogP contribution in [0.15, 0.2) is 18.2 Å². The molecule has 30 heavy (non-hydrogen) atoms. The lowest BCUT2D eigenvalue weighted by Gasteiger charge is -2.34. The number of nitrogens with one attached hydrogen (secondary N) is 2. The standard InChI is InChI=1S/C22H28ClN3O4/c1-14(28)24-16-9-10-18(19(23)12-16)21(29)25-20(15-6-3-2-4-7-15)22(30)26-11-5-8-17(26)13-27/h9-10,12-13,15,17,20H,2-8,11H2,1H3,(H,24,28)(H,25,29)/t17-,20-/m0/s1. The molecule has 0 unspecified atom stereocenters. The van der Waals surface area contributed by atoms with Gasteiger partial charge in [-0.1, -0.05) is 30.9 Å². The highest BCUT2D eigenvalue weighted by molar-refractivity contribution is 6.34. The number of carbonyl (C=O) groups is 4. The Kier molecular flexibility index (Phi) is 7.48. The summed E-state index contributed by atoms with van der Waals surface area (Å²) in [5.41, 5.74) is 0.739. The Morgan fingerprint density at radius 2 is 1.87 bits per heavy atom. The van der Waals surface area contributed by atoms with Gasteiger partial charge in [0.2, 0.25) is 11.8 Å². The zero-order valence-corrected chi connectivity index (χ0v) is 17.9. The van der Waals surface area contributed by atoms with Crippen molar-refractivity contribution in [3.8, 4) is 0 Å². The Balaban J connectivity index is 1.80. The van der Waals surface area contributed by atoms with Crippen LogP contribution in [0.5, 0.6) is 0 Å². The van der Waals surface area contributed by atoms with Crippen LogP contribution in [0, 0.1) is 5.92 Å². The highest BCUT2D eigenvalue weighted by Crippen LogP contribution is 2.30. The Bertz CT molecular complexity index is 823. The highest BCUT2D eigenvalue weighted by Gasteiger charge is 2.38. The molecule has 0 bridgehead atoms. The summed E-state index contributed by atoms with van der Waals surface area (Å²) in [6.45, 7) is 1.92. The summed E-state index contributed by atoms with van der Waals surface area (Å²) in [5.74, 6) is -0.807. The van der Waals surface area contributed by atoms with Gasteiger partial charge in [0.05, 0.1) is 16.6 Å². The first-order valence-corrected chi connectivity index (χ1v) is 10.9. The van der Waals surface area contributed by atoms with Crippen molar-refractivity contribution in [3.05, 3.63) is 28.8 Å². The van der Waals surface area contributed by atoms with Crippen LogP contribution in [0.2, 0.25) is 5.02 Å². The van der Waals surface area contributed by atoms with Crippen LogP contribution in [0.4, 0.5) is 5.69 Å². The topological polar surface area (TPSA) is 95.6 Å². The van der Waals surface area contributed by atoms with E-state index >= 15 is 0 Å². The van der Waals surface area contributed by atoms with Crippen molar-refractivity contribution >= 4 is 41.3 Å². The molecular weight excluding hydrogens is 406 g/mol. The van der Waals surface area contributed by atoms with Gasteiger partial charge in [-0.25, -0.2) is 0 Å². The molecule has 0 aromatic heterocycles. The van der Waals surface area contributed by atoms with Crippen molar-refractivity contribution in [2.45, 2.75) is 64.0 Å². The third-order valence-electron chi connectivity index (χ3n) is 5.95. The largest absolute Gasteiger partial charge is 0.340 e. The number of carbonyl (C=O) groups excluding carboxylic acids is 4.